The zero-order chi connectivity index (χ0) is 13.4. The van der Waals surface area contributed by atoms with Gasteiger partial charge in [0.1, 0.15) is 0 Å². The number of hydrogen-bond donors (Lipinski definition) is 1. The van der Waals surface area contributed by atoms with E-state index in [2.05, 4.69) is 10.2 Å². The highest BCUT2D eigenvalue weighted by Gasteiger charge is 2.37. The van der Waals surface area contributed by atoms with Gasteiger partial charge in [-0.05, 0) is 63.8 Å². The molecule has 0 aromatic heterocycles. The number of ether oxygens (including phenoxy) is 1. The molecule has 0 bridgehead atoms. The van der Waals surface area contributed by atoms with E-state index in [1.165, 1.54) is 70.9 Å². The van der Waals surface area contributed by atoms with Gasteiger partial charge in [-0.1, -0.05) is 6.42 Å². The van der Waals surface area contributed by atoms with Crippen LogP contribution in [0.2, 0.25) is 0 Å². The SMILES string of the molecule is C1CC2CCCN(CC3CCC(CNC4CC4)O3)C2C1. The second-order valence-electron chi connectivity index (χ2n) is 7.54. The van der Waals surface area contributed by atoms with Crippen LogP contribution in [0.4, 0.5) is 0 Å². The van der Waals surface area contributed by atoms with Crippen molar-refractivity contribution in [1.29, 1.82) is 0 Å². The molecule has 20 heavy (non-hydrogen) atoms. The summed E-state index contributed by atoms with van der Waals surface area (Å²) in [4.78, 5) is 2.78. The van der Waals surface area contributed by atoms with Crippen LogP contribution in [0.15, 0.2) is 0 Å². The molecule has 2 saturated carbocycles. The number of fused-ring (bicyclic) bond motifs is 1. The summed E-state index contributed by atoms with van der Waals surface area (Å²) in [7, 11) is 0. The average molecular weight is 278 g/mol. The minimum atomic E-state index is 0.491. The van der Waals surface area contributed by atoms with Crippen LogP contribution in [-0.4, -0.2) is 48.8 Å². The maximum absolute atomic E-state index is 6.29. The summed E-state index contributed by atoms with van der Waals surface area (Å²) in [5.41, 5.74) is 0. The standard InChI is InChI=1S/C17H30N2O/c1-3-13-4-2-10-19(17(13)5-1)12-16-9-8-15(20-16)11-18-14-6-7-14/h13-18H,1-12H2. The van der Waals surface area contributed by atoms with Crippen LogP contribution < -0.4 is 5.32 Å². The Morgan fingerprint density at radius 2 is 1.75 bits per heavy atom. The van der Waals surface area contributed by atoms with Gasteiger partial charge in [-0.2, -0.15) is 0 Å². The number of nitrogens with zero attached hydrogens (tertiary/aromatic N) is 1. The van der Waals surface area contributed by atoms with Crippen LogP contribution in [-0.2, 0) is 4.74 Å². The van der Waals surface area contributed by atoms with Gasteiger partial charge in [-0.15, -0.1) is 0 Å². The molecule has 0 amide bonds. The predicted molar refractivity (Wildman–Crippen MR) is 80.9 cm³/mol. The summed E-state index contributed by atoms with van der Waals surface area (Å²) >= 11 is 0. The van der Waals surface area contributed by atoms with Gasteiger partial charge in [0, 0.05) is 25.2 Å². The molecule has 2 heterocycles. The summed E-state index contributed by atoms with van der Waals surface area (Å²) < 4.78 is 6.29. The summed E-state index contributed by atoms with van der Waals surface area (Å²) in [6.45, 7) is 3.63. The fraction of sp³-hybridized carbons (Fsp3) is 1.00. The van der Waals surface area contributed by atoms with Crippen molar-refractivity contribution >= 4 is 0 Å². The van der Waals surface area contributed by atoms with E-state index in [0.29, 0.717) is 12.2 Å². The molecule has 1 N–H and O–H groups in total. The third-order valence-corrected chi connectivity index (χ3v) is 5.95. The zero-order valence-corrected chi connectivity index (χ0v) is 12.7. The molecule has 4 unspecified atom stereocenters. The van der Waals surface area contributed by atoms with Crippen LogP contribution >= 0.6 is 0 Å². The molecule has 0 radical (unpaired) electrons. The summed E-state index contributed by atoms with van der Waals surface area (Å²) in [6, 6.07) is 1.72. The van der Waals surface area contributed by atoms with Gasteiger partial charge in [0.25, 0.3) is 0 Å². The Morgan fingerprint density at radius 3 is 2.65 bits per heavy atom. The molecule has 2 aliphatic carbocycles. The molecule has 0 spiro atoms. The molecule has 114 valence electrons. The zero-order valence-electron chi connectivity index (χ0n) is 12.7. The molecule has 0 aromatic carbocycles. The number of likely N-dealkylation sites (tertiary alicyclic amines) is 1. The van der Waals surface area contributed by atoms with Gasteiger partial charge in [-0.25, -0.2) is 0 Å². The minimum absolute atomic E-state index is 0.491. The van der Waals surface area contributed by atoms with E-state index >= 15 is 0 Å². The predicted octanol–water partition coefficient (Wildman–Crippen LogP) is 2.55. The molecule has 3 nitrogen and oxygen atoms in total. The van der Waals surface area contributed by atoms with Crippen LogP contribution in [0.3, 0.4) is 0 Å². The van der Waals surface area contributed by atoms with Crippen molar-refractivity contribution in [3.63, 3.8) is 0 Å². The number of rotatable bonds is 5. The molecule has 4 atom stereocenters. The van der Waals surface area contributed by atoms with Crippen molar-refractivity contribution in [2.45, 2.75) is 82.1 Å². The van der Waals surface area contributed by atoms with Gasteiger partial charge in [0.2, 0.25) is 0 Å². The Morgan fingerprint density at radius 1 is 0.900 bits per heavy atom. The normalized spacial score (nSPS) is 42.0. The first-order valence-corrected chi connectivity index (χ1v) is 9.01. The lowest BCUT2D eigenvalue weighted by molar-refractivity contribution is 0.00106. The van der Waals surface area contributed by atoms with Crippen molar-refractivity contribution in [3.05, 3.63) is 0 Å². The van der Waals surface area contributed by atoms with Crippen molar-refractivity contribution in [1.82, 2.24) is 10.2 Å². The highest BCUT2D eigenvalue weighted by atomic mass is 16.5. The van der Waals surface area contributed by atoms with Gasteiger partial charge < -0.3 is 10.1 Å². The van der Waals surface area contributed by atoms with E-state index in [4.69, 9.17) is 4.74 Å². The first-order valence-electron chi connectivity index (χ1n) is 9.01. The second-order valence-corrected chi connectivity index (χ2v) is 7.54. The van der Waals surface area contributed by atoms with Crippen molar-refractivity contribution in [2.75, 3.05) is 19.6 Å². The third-order valence-electron chi connectivity index (χ3n) is 5.95. The van der Waals surface area contributed by atoms with Crippen LogP contribution in [0.25, 0.3) is 0 Å². The molecular weight excluding hydrogens is 248 g/mol. The van der Waals surface area contributed by atoms with Crippen LogP contribution in [0, 0.1) is 5.92 Å². The van der Waals surface area contributed by atoms with Crippen molar-refractivity contribution < 1.29 is 4.74 Å². The molecule has 3 heteroatoms. The molecular formula is C17H30N2O. The quantitative estimate of drug-likeness (QED) is 0.836. The maximum atomic E-state index is 6.29. The molecule has 4 aliphatic rings. The van der Waals surface area contributed by atoms with E-state index in [9.17, 15) is 0 Å². The van der Waals surface area contributed by atoms with E-state index in [-0.39, 0.29) is 0 Å². The Kier molecular flexibility index (Phi) is 4.02. The van der Waals surface area contributed by atoms with Crippen molar-refractivity contribution in [2.24, 2.45) is 5.92 Å². The number of nitrogens with one attached hydrogen (secondary N) is 1. The smallest absolute Gasteiger partial charge is 0.0707 e. The first kappa shape index (κ1) is 13.5. The fourth-order valence-corrected chi connectivity index (χ4v) is 4.70. The molecule has 4 rings (SSSR count). The molecule has 4 fully saturated rings. The largest absolute Gasteiger partial charge is 0.372 e. The highest BCUT2D eigenvalue weighted by molar-refractivity contribution is 4.91. The van der Waals surface area contributed by atoms with Gasteiger partial charge in [-0.3, -0.25) is 4.90 Å². The monoisotopic (exact) mass is 278 g/mol. The fourth-order valence-electron chi connectivity index (χ4n) is 4.70. The Labute approximate surface area is 123 Å². The maximum Gasteiger partial charge on any atom is 0.0707 e. The lowest BCUT2D eigenvalue weighted by atomic mass is 9.91. The average Bonchev–Trinajstić information content (AvgIpc) is 2.98. The Balaban J connectivity index is 1.24. The molecule has 2 aliphatic heterocycles. The number of hydrogen-bond acceptors (Lipinski definition) is 3. The van der Waals surface area contributed by atoms with Crippen molar-refractivity contribution in [3.8, 4) is 0 Å². The molecule has 2 saturated heterocycles. The Hall–Kier alpha value is -0.120. The summed E-state index contributed by atoms with van der Waals surface area (Å²) in [5, 5.41) is 3.62. The summed E-state index contributed by atoms with van der Waals surface area (Å²) in [6.07, 6.45) is 13.6. The topological polar surface area (TPSA) is 24.5 Å². The van der Waals surface area contributed by atoms with E-state index in [0.717, 1.165) is 24.5 Å². The highest BCUT2D eigenvalue weighted by Crippen LogP contribution is 2.37. The second kappa shape index (κ2) is 5.94. The van der Waals surface area contributed by atoms with E-state index < -0.39 is 0 Å². The first-order chi connectivity index (χ1) is 9.88. The molecule has 0 aromatic rings. The van der Waals surface area contributed by atoms with Gasteiger partial charge >= 0.3 is 0 Å². The van der Waals surface area contributed by atoms with Crippen LogP contribution in [0.1, 0.15) is 57.8 Å². The Bertz CT molecular complexity index is 331. The van der Waals surface area contributed by atoms with E-state index in [1.807, 2.05) is 0 Å². The third kappa shape index (κ3) is 3.05. The van der Waals surface area contributed by atoms with Gasteiger partial charge in [0.15, 0.2) is 0 Å². The number of piperidine rings is 1. The lowest BCUT2D eigenvalue weighted by Gasteiger charge is -2.39. The minimum Gasteiger partial charge on any atom is -0.372 e. The lowest BCUT2D eigenvalue weighted by Crippen LogP contribution is -2.46. The summed E-state index contributed by atoms with van der Waals surface area (Å²) in [5.74, 6) is 1.01. The van der Waals surface area contributed by atoms with Gasteiger partial charge in [0.05, 0.1) is 12.2 Å². The van der Waals surface area contributed by atoms with Crippen LogP contribution in [0.5, 0.6) is 0 Å². The van der Waals surface area contributed by atoms with E-state index in [1.54, 1.807) is 0 Å².